The zero-order valence-corrected chi connectivity index (χ0v) is 15.6. The van der Waals surface area contributed by atoms with Crippen LogP contribution in [0.1, 0.15) is 90.9 Å². The minimum atomic E-state index is 0.690. The first-order valence-corrected chi connectivity index (χ1v) is 10.7. The Balaban J connectivity index is 1.79. The van der Waals surface area contributed by atoms with E-state index in [0.29, 0.717) is 5.41 Å². The van der Waals surface area contributed by atoms with Crippen LogP contribution in [0.4, 0.5) is 0 Å². The lowest BCUT2D eigenvalue weighted by Crippen LogP contribution is -2.39. The first kappa shape index (κ1) is 17.3. The molecule has 23 heavy (non-hydrogen) atoms. The van der Waals surface area contributed by atoms with Crippen molar-refractivity contribution in [3.05, 3.63) is 24.3 Å². The van der Waals surface area contributed by atoms with Gasteiger partial charge in [0.05, 0.1) is 0 Å². The average Bonchev–Trinajstić information content (AvgIpc) is 2.91. The van der Waals surface area contributed by atoms with E-state index in [1.807, 2.05) is 0 Å². The summed E-state index contributed by atoms with van der Waals surface area (Å²) >= 11 is 0. The lowest BCUT2D eigenvalue weighted by Gasteiger charge is -2.48. The summed E-state index contributed by atoms with van der Waals surface area (Å²) in [6.07, 6.45) is 27.4. The highest BCUT2D eigenvalue weighted by Gasteiger charge is 2.55. The van der Waals surface area contributed by atoms with Crippen molar-refractivity contribution in [1.29, 1.82) is 0 Å². The van der Waals surface area contributed by atoms with Gasteiger partial charge >= 0.3 is 0 Å². The summed E-state index contributed by atoms with van der Waals surface area (Å²) in [7, 11) is 0. The summed E-state index contributed by atoms with van der Waals surface area (Å²) < 4.78 is 0. The lowest BCUT2D eigenvalue weighted by atomic mass is 9.57. The summed E-state index contributed by atoms with van der Waals surface area (Å²) in [6.45, 7) is 4.70. The number of hydrogen-bond donors (Lipinski definition) is 0. The monoisotopic (exact) mass is 314 g/mol. The van der Waals surface area contributed by atoms with E-state index in [1.165, 1.54) is 77.0 Å². The average molecular weight is 315 g/mol. The highest BCUT2D eigenvalue weighted by molar-refractivity contribution is 5.22. The Bertz CT molecular complexity index is 418. The van der Waals surface area contributed by atoms with Gasteiger partial charge in [-0.1, -0.05) is 83.1 Å². The Morgan fingerprint density at radius 2 is 1.70 bits per heavy atom. The Kier molecular flexibility index (Phi) is 6.05. The van der Waals surface area contributed by atoms with E-state index in [-0.39, 0.29) is 0 Å². The molecule has 0 aromatic rings. The van der Waals surface area contributed by atoms with Crippen LogP contribution in [0, 0.1) is 29.1 Å². The SMILES string of the molecule is CCCCCC1CCCC2C3C=CC=CC3CC12CCCCC. The molecule has 5 unspecified atom stereocenters. The summed E-state index contributed by atoms with van der Waals surface area (Å²) in [5.41, 5.74) is 0.690. The van der Waals surface area contributed by atoms with E-state index < -0.39 is 0 Å². The van der Waals surface area contributed by atoms with Gasteiger partial charge < -0.3 is 0 Å². The third-order valence-electron chi connectivity index (χ3n) is 7.40. The van der Waals surface area contributed by atoms with E-state index in [2.05, 4.69) is 38.2 Å². The predicted molar refractivity (Wildman–Crippen MR) is 101 cm³/mol. The summed E-state index contributed by atoms with van der Waals surface area (Å²) in [5, 5.41) is 0. The fraction of sp³-hybridized carbons (Fsp3) is 0.826. The van der Waals surface area contributed by atoms with Gasteiger partial charge in [-0.15, -0.1) is 0 Å². The smallest absolute Gasteiger partial charge is 0.0133 e. The molecule has 2 saturated carbocycles. The molecule has 0 aromatic heterocycles. The summed E-state index contributed by atoms with van der Waals surface area (Å²) in [4.78, 5) is 0. The largest absolute Gasteiger partial charge is 0.0808 e. The van der Waals surface area contributed by atoms with Crippen LogP contribution in [-0.4, -0.2) is 0 Å². The molecule has 3 aliphatic carbocycles. The minimum Gasteiger partial charge on any atom is -0.0808 e. The van der Waals surface area contributed by atoms with Crippen molar-refractivity contribution in [2.45, 2.75) is 90.9 Å². The molecule has 0 spiro atoms. The number of rotatable bonds is 8. The molecule has 3 rings (SSSR count). The molecular formula is C23H38. The standard InChI is InChI=1S/C23H38/c1-3-5-7-13-20-14-11-16-22-21-15-9-8-12-19(21)18-23(20,22)17-10-6-4-2/h8-9,12,15,19-22H,3-7,10-11,13-14,16-18H2,1-2H3. The first-order valence-electron chi connectivity index (χ1n) is 10.7. The van der Waals surface area contributed by atoms with Crippen LogP contribution in [0.2, 0.25) is 0 Å². The van der Waals surface area contributed by atoms with E-state index >= 15 is 0 Å². The molecule has 130 valence electrons. The van der Waals surface area contributed by atoms with Crippen molar-refractivity contribution in [2.75, 3.05) is 0 Å². The van der Waals surface area contributed by atoms with Crippen molar-refractivity contribution in [2.24, 2.45) is 29.1 Å². The Hall–Kier alpha value is -0.520. The van der Waals surface area contributed by atoms with Gasteiger partial charge in [0.1, 0.15) is 0 Å². The molecule has 0 amide bonds. The molecule has 0 bridgehead atoms. The Labute approximate surface area is 144 Å². The van der Waals surface area contributed by atoms with E-state index in [9.17, 15) is 0 Å². The van der Waals surface area contributed by atoms with Crippen molar-refractivity contribution >= 4 is 0 Å². The van der Waals surface area contributed by atoms with Gasteiger partial charge in [-0.3, -0.25) is 0 Å². The van der Waals surface area contributed by atoms with E-state index in [0.717, 1.165) is 23.7 Å². The van der Waals surface area contributed by atoms with Crippen molar-refractivity contribution in [3.63, 3.8) is 0 Å². The van der Waals surface area contributed by atoms with Gasteiger partial charge in [-0.2, -0.15) is 0 Å². The zero-order chi connectivity index (χ0) is 16.1. The molecule has 0 saturated heterocycles. The Morgan fingerprint density at radius 1 is 0.913 bits per heavy atom. The molecule has 0 N–H and O–H groups in total. The quantitative estimate of drug-likeness (QED) is 0.412. The van der Waals surface area contributed by atoms with Crippen molar-refractivity contribution in [1.82, 2.24) is 0 Å². The molecule has 0 aromatic carbocycles. The second kappa shape index (κ2) is 8.04. The van der Waals surface area contributed by atoms with Crippen molar-refractivity contribution < 1.29 is 0 Å². The molecule has 0 heteroatoms. The van der Waals surface area contributed by atoms with Crippen LogP contribution in [0.15, 0.2) is 24.3 Å². The van der Waals surface area contributed by atoms with Gasteiger partial charge in [-0.05, 0) is 61.2 Å². The Morgan fingerprint density at radius 3 is 2.52 bits per heavy atom. The highest BCUT2D eigenvalue weighted by atomic mass is 14.6. The van der Waals surface area contributed by atoms with Gasteiger partial charge in [0, 0.05) is 0 Å². The molecule has 5 atom stereocenters. The van der Waals surface area contributed by atoms with E-state index in [1.54, 1.807) is 0 Å². The third-order valence-corrected chi connectivity index (χ3v) is 7.40. The summed E-state index contributed by atoms with van der Waals surface area (Å²) in [6, 6.07) is 0. The fourth-order valence-electron chi connectivity index (χ4n) is 6.37. The normalized spacial score (nSPS) is 38.5. The van der Waals surface area contributed by atoms with Crippen LogP contribution in [0.3, 0.4) is 0 Å². The van der Waals surface area contributed by atoms with Crippen LogP contribution in [-0.2, 0) is 0 Å². The van der Waals surface area contributed by atoms with Crippen LogP contribution >= 0.6 is 0 Å². The van der Waals surface area contributed by atoms with Crippen LogP contribution < -0.4 is 0 Å². The molecule has 0 heterocycles. The predicted octanol–water partition coefficient (Wildman–Crippen LogP) is 7.31. The number of hydrogen-bond acceptors (Lipinski definition) is 0. The molecule has 2 fully saturated rings. The van der Waals surface area contributed by atoms with E-state index in [4.69, 9.17) is 0 Å². The number of fused-ring (bicyclic) bond motifs is 3. The highest BCUT2D eigenvalue weighted by Crippen LogP contribution is 2.64. The van der Waals surface area contributed by atoms with Gasteiger partial charge in [0.25, 0.3) is 0 Å². The number of unbranched alkanes of at least 4 members (excludes halogenated alkanes) is 4. The van der Waals surface area contributed by atoms with Crippen molar-refractivity contribution in [3.8, 4) is 0 Å². The maximum atomic E-state index is 2.57. The summed E-state index contributed by atoms with van der Waals surface area (Å²) in [5.74, 6) is 3.75. The minimum absolute atomic E-state index is 0.690. The third kappa shape index (κ3) is 3.47. The second-order valence-electron chi connectivity index (χ2n) is 8.64. The molecular weight excluding hydrogens is 276 g/mol. The van der Waals surface area contributed by atoms with Gasteiger partial charge in [0.2, 0.25) is 0 Å². The van der Waals surface area contributed by atoms with Crippen LogP contribution in [0.5, 0.6) is 0 Å². The maximum absolute atomic E-state index is 2.57. The molecule has 0 aliphatic heterocycles. The molecule has 0 nitrogen and oxygen atoms in total. The zero-order valence-electron chi connectivity index (χ0n) is 15.6. The fourth-order valence-corrected chi connectivity index (χ4v) is 6.37. The topological polar surface area (TPSA) is 0 Å². The first-order chi connectivity index (χ1) is 11.3. The second-order valence-corrected chi connectivity index (χ2v) is 8.64. The van der Waals surface area contributed by atoms with Gasteiger partial charge in [-0.25, -0.2) is 0 Å². The maximum Gasteiger partial charge on any atom is -0.0133 e. The van der Waals surface area contributed by atoms with Crippen LogP contribution in [0.25, 0.3) is 0 Å². The van der Waals surface area contributed by atoms with Gasteiger partial charge in [0.15, 0.2) is 0 Å². The molecule has 3 aliphatic rings. The molecule has 0 radical (unpaired) electrons. The number of allylic oxidation sites excluding steroid dienone is 4. The lowest BCUT2D eigenvalue weighted by molar-refractivity contribution is 0.0203.